The van der Waals surface area contributed by atoms with Gasteiger partial charge >= 0.3 is 0 Å². The number of hydrogen-bond donors (Lipinski definition) is 0. The van der Waals surface area contributed by atoms with E-state index in [-0.39, 0.29) is 11.7 Å². The van der Waals surface area contributed by atoms with Gasteiger partial charge in [-0.15, -0.1) is 0 Å². The van der Waals surface area contributed by atoms with Gasteiger partial charge in [-0.05, 0) is 6.42 Å². The molecule has 0 radical (unpaired) electrons. The van der Waals surface area contributed by atoms with E-state index in [1.807, 2.05) is 37.3 Å². The Bertz CT molecular complexity index is 474. The van der Waals surface area contributed by atoms with Crippen LogP contribution in [-0.2, 0) is 0 Å². The molecule has 1 aromatic heterocycles. The molecule has 0 fully saturated rings. The van der Waals surface area contributed by atoms with Crippen LogP contribution in [0.15, 0.2) is 40.9 Å². The molecule has 3 heteroatoms. The Morgan fingerprint density at radius 2 is 2.06 bits per heavy atom. The normalized spacial score (nSPS) is 10.3. The summed E-state index contributed by atoms with van der Waals surface area (Å²) in [5.41, 5.74) is 0.936. The fraction of sp³-hybridized carbons (Fsp3) is 0.231. The highest BCUT2D eigenvalue weighted by Crippen LogP contribution is 2.20. The van der Waals surface area contributed by atoms with E-state index in [2.05, 4.69) is 4.98 Å². The second-order valence-electron chi connectivity index (χ2n) is 3.57. The molecule has 0 N–H and O–H groups in total. The van der Waals surface area contributed by atoms with E-state index in [9.17, 15) is 4.79 Å². The van der Waals surface area contributed by atoms with Crippen molar-refractivity contribution in [2.24, 2.45) is 0 Å². The number of benzene rings is 1. The lowest BCUT2D eigenvalue weighted by atomic mass is 10.2. The van der Waals surface area contributed by atoms with Gasteiger partial charge in [0.25, 0.3) is 5.89 Å². The second-order valence-corrected chi connectivity index (χ2v) is 3.57. The number of carbonyl (C=O) groups is 1. The average molecular weight is 215 g/mol. The molecule has 0 spiro atoms. The molecule has 0 aliphatic rings. The molecular weight excluding hydrogens is 202 g/mol. The van der Waals surface area contributed by atoms with Gasteiger partial charge in [0.15, 0.2) is 5.76 Å². The molecule has 2 rings (SSSR count). The Hall–Kier alpha value is -1.90. The Labute approximate surface area is 94.1 Å². The zero-order chi connectivity index (χ0) is 11.4. The monoisotopic (exact) mass is 215 g/mol. The van der Waals surface area contributed by atoms with E-state index in [0.29, 0.717) is 12.2 Å². The summed E-state index contributed by atoms with van der Waals surface area (Å²) in [4.78, 5) is 15.5. The van der Waals surface area contributed by atoms with Crippen LogP contribution in [0.2, 0.25) is 0 Å². The number of oxazole rings is 1. The standard InChI is InChI=1S/C13H13NO2/c1-2-6-11(15)13-14-9-12(16-13)10-7-4-3-5-8-10/h3-5,7-9H,2,6H2,1H3. The maximum Gasteiger partial charge on any atom is 0.263 e. The lowest BCUT2D eigenvalue weighted by Gasteiger charge is -1.94. The van der Waals surface area contributed by atoms with E-state index in [1.54, 1.807) is 6.20 Å². The molecule has 0 aliphatic carbocycles. The largest absolute Gasteiger partial charge is 0.434 e. The zero-order valence-electron chi connectivity index (χ0n) is 9.14. The third kappa shape index (κ3) is 2.19. The quantitative estimate of drug-likeness (QED) is 0.735. The van der Waals surface area contributed by atoms with E-state index >= 15 is 0 Å². The molecular formula is C13H13NO2. The fourth-order valence-corrected chi connectivity index (χ4v) is 1.47. The third-order valence-corrected chi connectivity index (χ3v) is 2.28. The van der Waals surface area contributed by atoms with Gasteiger partial charge in [-0.25, -0.2) is 4.98 Å². The molecule has 0 atom stereocenters. The fourth-order valence-electron chi connectivity index (χ4n) is 1.47. The topological polar surface area (TPSA) is 43.1 Å². The number of ketones is 1. The molecule has 3 nitrogen and oxygen atoms in total. The summed E-state index contributed by atoms with van der Waals surface area (Å²) in [7, 11) is 0. The zero-order valence-corrected chi connectivity index (χ0v) is 9.14. The Morgan fingerprint density at radius 3 is 2.75 bits per heavy atom. The van der Waals surface area contributed by atoms with Crippen molar-refractivity contribution < 1.29 is 9.21 Å². The average Bonchev–Trinajstić information content (AvgIpc) is 2.80. The van der Waals surface area contributed by atoms with Crippen LogP contribution in [0.3, 0.4) is 0 Å². The minimum atomic E-state index is -0.0373. The summed E-state index contributed by atoms with van der Waals surface area (Å²) in [5, 5.41) is 0. The number of aromatic nitrogens is 1. The molecule has 2 aromatic rings. The van der Waals surface area contributed by atoms with Crippen LogP contribution in [-0.4, -0.2) is 10.8 Å². The van der Waals surface area contributed by atoms with Gasteiger partial charge in [0, 0.05) is 12.0 Å². The van der Waals surface area contributed by atoms with Gasteiger partial charge in [0.05, 0.1) is 6.20 Å². The molecule has 0 unspecified atom stereocenters. The minimum absolute atomic E-state index is 0.0373. The molecule has 1 aromatic carbocycles. The van der Waals surface area contributed by atoms with Gasteiger partial charge in [-0.2, -0.15) is 0 Å². The lowest BCUT2D eigenvalue weighted by molar-refractivity contribution is 0.0949. The molecule has 1 heterocycles. The molecule has 0 saturated carbocycles. The highest BCUT2D eigenvalue weighted by atomic mass is 16.4. The van der Waals surface area contributed by atoms with Gasteiger partial charge < -0.3 is 4.42 Å². The summed E-state index contributed by atoms with van der Waals surface area (Å²) in [6.07, 6.45) is 2.88. The molecule has 0 aliphatic heterocycles. The molecule has 82 valence electrons. The lowest BCUT2D eigenvalue weighted by Crippen LogP contribution is -1.97. The number of hydrogen-bond acceptors (Lipinski definition) is 3. The van der Waals surface area contributed by atoms with Crippen LogP contribution in [0.5, 0.6) is 0 Å². The SMILES string of the molecule is CCCC(=O)c1ncc(-c2ccccc2)o1. The van der Waals surface area contributed by atoms with Gasteiger partial charge in [0.2, 0.25) is 5.78 Å². The predicted octanol–water partition coefficient (Wildman–Crippen LogP) is 3.32. The van der Waals surface area contributed by atoms with Gasteiger partial charge in [-0.3, -0.25) is 4.79 Å². The van der Waals surface area contributed by atoms with Crippen LogP contribution in [0.25, 0.3) is 11.3 Å². The number of carbonyl (C=O) groups excluding carboxylic acids is 1. The predicted molar refractivity (Wildman–Crippen MR) is 61.2 cm³/mol. The van der Waals surface area contributed by atoms with Crippen LogP contribution in [0, 0.1) is 0 Å². The van der Waals surface area contributed by atoms with Crippen molar-refractivity contribution in [1.29, 1.82) is 0 Å². The van der Waals surface area contributed by atoms with Crippen LogP contribution in [0.1, 0.15) is 30.5 Å². The van der Waals surface area contributed by atoms with Crippen molar-refractivity contribution in [2.45, 2.75) is 19.8 Å². The summed E-state index contributed by atoms with van der Waals surface area (Å²) in [6, 6.07) is 9.63. The van der Waals surface area contributed by atoms with Crippen molar-refractivity contribution in [2.75, 3.05) is 0 Å². The summed E-state index contributed by atoms with van der Waals surface area (Å²) < 4.78 is 5.42. The Balaban J connectivity index is 2.23. The molecule has 0 amide bonds. The number of Topliss-reactive ketones (excluding diaryl/α,β-unsaturated/α-hetero) is 1. The summed E-state index contributed by atoms with van der Waals surface area (Å²) in [6.45, 7) is 1.96. The highest BCUT2D eigenvalue weighted by molar-refractivity contribution is 5.91. The van der Waals surface area contributed by atoms with Crippen LogP contribution in [0.4, 0.5) is 0 Å². The first kappa shape index (κ1) is 10.6. The Morgan fingerprint density at radius 1 is 1.31 bits per heavy atom. The van der Waals surface area contributed by atoms with Crippen molar-refractivity contribution in [3.8, 4) is 11.3 Å². The number of rotatable bonds is 4. The summed E-state index contributed by atoms with van der Waals surface area (Å²) >= 11 is 0. The van der Waals surface area contributed by atoms with Gasteiger partial charge in [0.1, 0.15) is 0 Å². The third-order valence-electron chi connectivity index (χ3n) is 2.28. The number of nitrogens with zero attached hydrogens (tertiary/aromatic N) is 1. The van der Waals surface area contributed by atoms with Crippen molar-refractivity contribution in [3.63, 3.8) is 0 Å². The first-order valence-electron chi connectivity index (χ1n) is 5.35. The Kier molecular flexibility index (Phi) is 3.15. The molecule has 0 saturated heterocycles. The van der Waals surface area contributed by atoms with E-state index < -0.39 is 0 Å². The minimum Gasteiger partial charge on any atom is -0.434 e. The molecule has 0 bridgehead atoms. The molecule has 16 heavy (non-hydrogen) atoms. The van der Waals surface area contributed by atoms with Gasteiger partial charge in [-0.1, -0.05) is 37.3 Å². The highest BCUT2D eigenvalue weighted by Gasteiger charge is 2.12. The first-order valence-corrected chi connectivity index (χ1v) is 5.35. The van der Waals surface area contributed by atoms with E-state index in [1.165, 1.54) is 0 Å². The van der Waals surface area contributed by atoms with E-state index in [4.69, 9.17) is 4.42 Å². The van der Waals surface area contributed by atoms with Crippen LogP contribution >= 0.6 is 0 Å². The second kappa shape index (κ2) is 4.75. The van der Waals surface area contributed by atoms with Crippen molar-refractivity contribution >= 4 is 5.78 Å². The first-order chi connectivity index (χ1) is 7.81. The maximum absolute atomic E-state index is 11.5. The van der Waals surface area contributed by atoms with E-state index in [0.717, 1.165) is 12.0 Å². The smallest absolute Gasteiger partial charge is 0.263 e. The van der Waals surface area contributed by atoms with Crippen LogP contribution < -0.4 is 0 Å². The maximum atomic E-state index is 11.5. The van der Waals surface area contributed by atoms with Crippen molar-refractivity contribution in [1.82, 2.24) is 4.98 Å². The summed E-state index contributed by atoms with van der Waals surface area (Å²) in [5.74, 6) is 0.811. The van der Waals surface area contributed by atoms with Crippen molar-refractivity contribution in [3.05, 3.63) is 42.4 Å².